The zero-order chi connectivity index (χ0) is 12.7. The van der Waals surface area contributed by atoms with Crippen LogP contribution >= 0.6 is 0 Å². The Morgan fingerprint density at radius 3 is 2.94 bits per heavy atom. The average molecular weight is 238 g/mol. The Labute approximate surface area is 102 Å². The Balaban J connectivity index is 2.23. The van der Waals surface area contributed by atoms with Gasteiger partial charge in [-0.1, -0.05) is 20.3 Å². The molecule has 0 bridgehead atoms. The Kier molecular flexibility index (Phi) is 5.69. The van der Waals surface area contributed by atoms with Crippen LogP contribution in [0.25, 0.3) is 0 Å². The van der Waals surface area contributed by atoms with Crippen LogP contribution in [0, 0.1) is 5.92 Å². The molecule has 5 heteroatoms. The molecule has 0 aliphatic carbocycles. The van der Waals surface area contributed by atoms with Crippen LogP contribution in [-0.2, 0) is 11.3 Å². The zero-order valence-electron chi connectivity index (χ0n) is 10.6. The van der Waals surface area contributed by atoms with Crippen LogP contribution in [0.15, 0.2) is 18.5 Å². The van der Waals surface area contributed by atoms with Gasteiger partial charge in [0.25, 0.3) is 0 Å². The van der Waals surface area contributed by atoms with Crippen molar-refractivity contribution >= 4 is 5.91 Å². The van der Waals surface area contributed by atoms with E-state index in [0.717, 1.165) is 19.4 Å². The van der Waals surface area contributed by atoms with E-state index in [1.807, 2.05) is 23.9 Å². The third-order valence-electron chi connectivity index (χ3n) is 2.62. The lowest BCUT2D eigenvalue weighted by Crippen LogP contribution is -2.42. The molecule has 0 radical (unpaired) electrons. The van der Waals surface area contributed by atoms with Crippen molar-refractivity contribution in [2.75, 3.05) is 6.54 Å². The van der Waals surface area contributed by atoms with Crippen LogP contribution in [0.4, 0.5) is 0 Å². The van der Waals surface area contributed by atoms with Crippen LogP contribution in [0.2, 0.25) is 0 Å². The summed E-state index contributed by atoms with van der Waals surface area (Å²) in [7, 11) is 0. The van der Waals surface area contributed by atoms with Crippen LogP contribution in [0.1, 0.15) is 26.7 Å². The summed E-state index contributed by atoms with van der Waals surface area (Å²) >= 11 is 0. The number of carbonyl (C=O) groups excluding carboxylic acids is 1. The zero-order valence-corrected chi connectivity index (χ0v) is 10.6. The first-order chi connectivity index (χ1) is 8.13. The average Bonchev–Trinajstić information content (AvgIpc) is 2.79. The van der Waals surface area contributed by atoms with E-state index in [-0.39, 0.29) is 11.9 Å². The second kappa shape index (κ2) is 7.06. The molecule has 3 N–H and O–H groups in total. The number of nitrogens with two attached hydrogens (primary N) is 1. The standard InChI is InChI=1S/C12H22N4O/c1-3-5-11(13)12(17)14-8-10(2)9-16-7-4-6-15-16/h4,6-7,10-11H,3,5,8-9,13H2,1-2H3,(H,14,17). The molecule has 1 aromatic heterocycles. The first-order valence-electron chi connectivity index (χ1n) is 6.14. The predicted molar refractivity (Wildman–Crippen MR) is 67.3 cm³/mol. The summed E-state index contributed by atoms with van der Waals surface area (Å²) in [6.45, 7) is 5.53. The van der Waals surface area contributed by atoms with E-state index in [2.05, 4.69) is 17.3 Å². The van der Waals surface area contributed by atoms with Gasteiger partial charge < -0.3 is 11.1 Å². The van der Waals surface area contributed by atoms with Crippen LogP contribution in [0.5, 0.6) is 0 Å². The lowest BCUT2D eigenvalue weighted by molar-refractivity contribution is -0.122. The van der Waals surface area contributed by atoms with Crippen molar-refractivity contribution in [1.29, 1.82) is 0 Å². The van der Waals surface area contributed by atoms with Gasteiger partial charge in [0.05, 0.1) is 6.04 Å². The summed E-state index contributed by atoms with van der Waals surface area (Å²) < 4.78 is 1.86. The molecule has 0 aromatic carbocycles. The smallest absolute Gasteiger partial charge is 0.236 e. The third kappa shape index (κ3) is 4.99. The number of carbonyl (C=O) groups is 1. The number of amides is 1. The Morgan fingerprint density at radius 2 is 2.35 bits per heavy atom. The molecule has 1 amide bonds. The topological polar surface area (TPSA) is 72.9 Å². The number of nitrogens with zero attached hydrogens (tertiary/aromatic N) is 2. The van der Waals surface area contributed by atoms with Gasteiger partial charge in [-0.15, -0.1) is 0 Å². The maximum Gasteiger partial charge on any atom is 0.236 e. The fourth-order valence-electron chi connectivity index (χ4n) is 1.64. The summed E-state index contributed by atoms with van der Waals surface area (Å²) in [4.78, 5) is 11.6. The molecule has 2 unspecified atom stereocenters. The minimum atomic E-state index is -0.378. The van der Waals surface area contributed by atoms with Crippen molar-refractivity contribution < 1.29 is 4.79 Å². The van der Waals surface area contributed by atoms with Gasteiger partial charge in [0.1, 0.15) is 0 Å². The van der Waals surface area contributed by atoms with E-state index < -0.39 is 0 Å². The number of nitrogens with one attached hydrogen (secondary N) is 1. The summed E-state index contributed by atoms with van der Waals surface area (Å²) in [6.07, 6.45) is 5.33. The molecule has 1 aromatic rings. The van der Waals surface area contributed by atoms with Gasteiger partial charge in [-0.3, -0.25) is 9.48 Å². The molecule has 17 heavy (non-hydrogen) atoms. The Morgan fingerprint density at radius 1 is 1.59 bits per heavy atom. The summed E-state index contributed by atoms with van der Waals surface area (Å²) in [5, 5.41) is 7.00. The molecule has 0 aliphatic heterocycles. The maximum atomic E-state index is 11.6. The van der Waals surface area contributed by atoms with Gasteiger partial charge in [0.2, 0.25) is 5.91 Å². The number of aromatic nitrogens is 2. The molecular weight excluding hydrogens is 216 g/mol. The first-order valence-corrected chi connectivity index (χ1v) is 6.14. The molecule has 1 rings (SSSR count). The molecule has 0 saturated heterocycles. The van der Waals surface area contributed by atoms with Crippen LogP contribution < -0.4 is 11.1 Å². The van der Waals surface area contributed by atoms with Crippen LogP contribution in [0.3, 0.4) is 0 Å². The molecule has 0 aliphatic rings. The SMILES string of the molecule is CCCC(N)C(=O)NCC(C)Cn1cccn1. The van der Waals surface area contributed by atoms with Gasteiger partial charge >= 0.3 is 0 Å². The molecule has 0 saturated carbocycles. The van der Waals surface area contributed by atoms with Crippen LogP contribution in [-0.4, -0.2) is 28.3 Å². The van der Waals surface area contributed by atoms with E-state index in [9.17, 15) is 4.79 Å². The van der Waals surface area contributed by atoms with Crippen molar-refractivity contribution in [2.45, 2.75) is 39.3 Å². The van der Waals surface area contributed by atoms with Gasteiger partial charge in [-0.25, -0.2) is 0 Å². The fraction of sp³-hybridized carbons (Fsp3) is 0.667. The minimum Gasteiger partial charge on any atom is -0.354 e. The van der Waals surface area contributed by atoms with Crippen molar-refractivity contribution in [3.05, 3.63) is 18.5 Å². The van der Waals surface area contributed by atoms with Crippen molar-refractivity contribution in [1.82, 2.24) is 15.1 Å². The highest BCUT2D eigenvalue weighted by Gasteiger charge is 2.13. The predicted octanol–water partition coefficient (Wildman–Crippen LogP) is 0.763. The molecule has 5 nitrogen and oxygen atoms in total. The van der Waals surface area contributed by atoms with Crippen molar-refractivity contribution in [3.8, 4) is 0 Å². The molecule has 0 fully saturated rings. The fourth-order valence-corrected chi connectivity index (χ4v) is 1.64. The molecule has 2 atom stereocenters. The number of hydrogen-bond donors (Lipinski definition) is 2. The highest BCUT2D eigenvalue weighted by atomic mass is 16.2. The second-order valence-electron chi connectivity index (χ2n) is 4.47. The highest BCUT2D eigenvalue weighted by molar-refractivity contribution is 5.81. The highest BCUT2D eigenvalue weighted by Crippen LogP contribution is 1.99. The molecule has 1 heterocycles. The Hall–Kier alpha value is -1.36. The summed E-state index contributed by atoms with van der Waals surface area (Å²) in [5.41, 5.74) is 5.72. The van der Waals surface area contributed by atoms with E-state index in [1.54, 1.807) is 6.20 Å². The normalized spacial score (nSPS) is 14.3. The Bertz CT molecular complexity index is 323. The third-order valence-corrected chi connectivity index (χ3v) is 2.62. The minimum absolute atomic E-state index is 0.0563. The summed E-state index contributed by atoms with van der Waals surface area (Å²) in [5.74, 6) is 0.284. The quantitative estimate of drug-likeness (QED) is 0.736. The second-order valence-corrected chi connectivity index (χ2v) is 4.47. The molecule has 96 valence electrons. The monoisotopic (exact) mass is 238 g/mol. The number of hydrogen-bond acceptors (Lipinski definition) is 3. The largest absolute Gasteiger partial charge is 0.354 e. The van der Waals surface area contributed by atoms with E-state index >= 15 is 0 Å². The maximum absolute atomic E-state index is 11.6. The summed E-state index contributed by atoms with van der Waals surface area (Å²) in [6, 6.07) is 1.51. The van der Waals surface area contributed by atoms with E-state index in [4.69, 9.17) is 5.73 Å². The van der Waals surface area contributed by atoms with Gasteiger partial charge in [-0.05, 0) is 18.4 Å². The van der Waals surface area contributed by atoms with Gasteiger partial charge in [-0.2, -0.15) is 5.10 Å². The molecular formula is C12H22N4O. The van der Waals surface area contributed by atoms with Crippen molar-refractivity contribution in [2.24, 2.45) is 11.7 Å². The van der Waals surface area contributed by atoms with Gasteiger partial charge in [0.15, 0.2) is 0 Å². The van der Waals surface area contributed by atoms with E-state index in [0.29, 0.717) is 12.5 Å². The lowest BCUT2D eigenvalue weighted by Gasteiger charge is -2.15. The lowest BCUT2D eigenvalue weighted by atomic mass is 10.1. The van der Waals surface area contributed by atoms with E-state index in [1.165, 1.54) is 0 Å². The molecule has 0 spiro atoms. The van der Waals surface area contributed by atoms with Gasteiger partial charge in [0, 0.05) is 25.5 Å². The number of rotatable bonds is 7. The van der Waals surface area contributed by atoms with Crippen molar-refractivity contribution in [3.63, 3.8) is 0 Å². The first kappa shape index (κ1) is 13.7.